The molecule has 0 bridgehead atoms. The van der Waals surface area contributed by atoms with E-state index in [1.807, 2.05) is 43.0 Å². The van der Waals surface area contributed by atoms with Gasteiger partial charge in [0.25, 0.3) is 0 Å². The fourth-order valence-electron chi connectivity index (χ4n) is 3.86. The number of methoxy groups -OCH3 is 1. The summed E-state index contributed by atoms with van der Waals surface area (Å²) in [6, 6.07) is 16.6. The van der Waals surface area contributed by atoms with Gasteiger partial charge in [-0.25, -0.2) is 4.79 Å². The molecule has 0 saturated carbocycles. The van der Waals surface area contributed by atoms with Gasteiger partial charge in [-0.3, -0.25) is 9.69 Å². The summed E-state index contributed by atoms with van der Waals surface area (Å²) in [4.78, 5) is 30.2. The first-order valence-corrected chi connectivity index (χ1v) is 11.3. The number of carbonyl (C=O) groups excluding carboxylic acids is 2. The highest BCUT2D eigenvalue weighted by atomic mass is 16.5. The third-order valence-electron chi connectivity index (χ3n) is 6.03. The lowest BCUT2D eigenvalue weighted by Gasteiger charge is -2.37. The number of hydrogen-bond acceptors (Lipinski definition) is 4. The largest absolute Gasteiger partial charge is 0.497 e. The van der Waals surface area contributed by atoms with Crippen LogP contribution in [0.2, 0.25) is 0 Å². The average molecular weight is 439 g/mol. The minimum atomic E-state index is -0.564. The number of hydrogen-bond donors (Lipinski definition) is 2. The summed E-state index contributed by atoms with van der Waals surface area (Å²) in [5.41, 5.74) is 1.90. The first-order valence-electron chi connectivity index (χ1n) is 11.3. The highest BCUT2D eigenvalue weighted by Gasteiger charge is 2.31. The van der Waals surface area contributed by atoms with Crippen LogP contribution in [0, 0.1) is 5.92 Å². The minimum Gasteiger partial charge on any atom is -0.497 e. The predicted octanol–water partition coefficient (Wildman–Crippen LogP) is 3.58. The second-order valence-corrected chi connectivity index (χ2v) is 8.28. The number of ether oxygens (including phenoxy) is 1. The molecule has 172 valence electrons. The van der Waals surface area contributed by atoms with Crippen LogP contribution >= 0.6 is 0 Å². The first kappa shape index (κ1) is 23.6. The number of urea groups is 1. The smallest absolute Gasteiger partial charge is 0.319 e. The Kier molecular flexibility index (Phi) is 8.50. The number of anilines is 1. The van der Waals surface area contributed by atoms with E-state index in [0.717, 1.165) is 26.1 Å². The zero-order chi connectivity index (χ0) is 22.9. The van der Waals surface area contributed by atoms with Gasteiger partial charge in [-0.2, -0.15) is 0 Å². The standard InChI is InChI=1S/C25H34N4O3/c1-4-19(2)23(27-25(31)26-21-11-8-12-22(17-21)32-3)24(30)29-15-13-28(14-16-29)18-20-9-6-5-7-10-20/h5-12,17,19,23H,4,13-16,18H2,1-3H3,(H2,26,27,31). The molecule has 0 radical (unpaired) electrons. The van der Waals surface area contributed by atoms with E-state index in [0.29, 0.717) is 24.5 Å². The van der Waals surface area contributed by atoms with E-state index in [1.54, 1.807) is 25.3 Å². The maximum absolute atomic E-state index is 13.3. The Hall–Kier alpha value is -3.06. The summed E-state index contributed by atoms with van der Waals surface area (Å²) in [5.74, 6) is 0.672. The molecule has 2 aromatic carbocycles. The van der Waals surface area contributed by atoms with Gasteiger partial charge in [-0.05, 0) is 23.6 Å². The molecule has 7 nitrogen and oxygen atoms in total. The average Bonchev–Trinajstić information content (AvgIpc) is 2.83. The molecule has 3 amide bonds. The van der Waals surface area contributed by atoms with Crippen LogP contribution in [-0.2, 0) is 11.3 Å². The molecule has 1 saturated heterocycles. The molecule has 0 aromatic heterocycles. The van der Waals surface area contributed by atoms with Crippen molar-refractivity contribution in [3.8, 4) is 5.75 Å². The van der Waals surface area contributed by atoms with Crippen molar-refractivity contribution in [2.75, 3.05) is 38.6 Å². The molecule has 1 fully saturated rings. The van der Waals surface area contributed by atoms with Crippen LogP contribution in [0.5, 0.6) is 5.75 Å². The Bertz CT molecular complexity index is 882. The van der Waals surface area contributed by atoms with Crippen LogP contribution in [0.15, 0.2) is 54.6 Å². The van der Waals surface area contributed by atoms with E-state index in [1.165, 1.54) is 5.56 Å². The van der Waals surface area contributed by atoms with Gasteiger partial charge in [0, 0.05) is 44.5 Å². The van der Waals surface area contributed by atoms with Crippen molar-refractivity contribution in [1.29, 1.82) is 0 Å². The summed E-state index contributed by atoms with van der Waals surface area (Å²) in [6.45, 7) is 7.90. The molecule has 3 rings (SSSR count). The van der Waals surface area contributed by atoms with Crippen LogP contribution in [0.25, 0.3) is 0 Å². The van der Waals surface area contributed by atoms with Crippen molar-refractivity contribution in [3.05, 3.63) is 60.2 Å². The van der Waals surface area contributed by atoms with E-state index < -0.39 is 6.04 Å². The second-order valence-electron chi connectivity index (χ2n) is 8.28. The second kappa shape index (κ2) is 11.5. The van der Waals surface area contributed by atoms with Gasteiger partial charge < -0.3 is 20.3 Å². The lowest BCUT2D eigenvalue weighted by molar-refractivity contribution is -0.136. The molecule has 32 heavy (non-hydrogen) atoms. The van der Waals surface area contributed by atoms with Crippen LogP contribution in [-0.4, -0.2) is 61.1 Å². The molecule has 2 unspecified atom stereocenters. The summed E-state index contributed by atoms with van der Waals surface area (Å²) < 4.78 is 5.20. The van der Waals surface area contributed by atoms with Gasteiger partial charge in [-0.1, -0.05) is 56.7 Å². The molecule has 0 aliphatic carbocycles. The quantitative estimate of drug-likeness (QED) is 0.661. The zero-order valence-corrected chi connectivity index (χ0v) is 19.2. The maximum Gasteiger partial charge on any atom is 0.319 e. The van der Waals surface area contributed by atoms with Crippen molar-refractivity contribution >= 4 is 17.6 Å². The Balaban J connectivity index is 1.56. The summed E-state index contributed by atoms with van der Waals surface area (Å²) in [6.07, 6.45) is 0.795. The molecule has 1 aliphatic heterocycles. The van der Waals surface area contributed by atoms with Crippen LogP contribution in [0.3, 0.4) is 0 Å². The highest BCUT2D eigenvalue weighted by Crippen LogP contribution is 2.18. The number of rotatable bonds is 8. The van der Waals surface area contributed by atoms with Crippen molar-refractivity contribution < 1.29 is 14.3 Å². The third-order valence-corrected chi connectivity index (χ3v) is 6.03. The van der Waals surface area contributed by atoms with Crippen LogP contribution in [0.4, 0.5) is 10.5 Å². The van der Waals surface area contributed by atoms with E-state index in [9.17, 15) is 9.59 Å². The molecular formula is C25H34N4O3. The van der Waals surface area contributed by atoms with E-state index in [2.05, 4.69) is 27.7 Å². The van der Waals surface area contributed by atoms with E-state index in [-0.39, 0.29) is 17.9 Å². The molecule has 1 heterocycles. The predicted molar refractivity (Wildman–Crippen MR) is 127 cm³/mol. The maximum atomic E-state index is 13.3. The SMILES string of the molecule is CCC(C)C(NC(=O)Nc1cccc(OC)c1)C(=O)N1CCN(Cc2ccccc2)CC1. The van der Waals surface area contributed by atoms with E-state index >= 15 is 0 Å². The lowest BCUT2D eigenvalue weighted by atomic mass is 9.97. The van der Waals surface area contributed by atoms with Gasteiger partial charge in [0.05, 0.1) is 7.11 Å². The van der Waals surface area contributed by atoms with Crippen LogP contribution < -0.4 is 15.4 Å². The topological polar surface area (TPSA) is 73.9 Å². The normalized spacial score (nSPS) is 16.2. The van der Waals surface area contributed by atoms with Crippen LogP contribution in [0.1, 0.15) is 25.8 Å². The lowest BCUT2D eigenvalue weighted by Crippen LogP contribution is -2.57. The molecular weight excluding hydrogens is 404 g/mol. The Morgan fingerprint density at radius 1 is 1.03 bits per heavy atom. The molecule has 2 atom stereocenters. The number of benzene rings is 2. The fraction of sp³-hybridized carbons (Fsp3) is 0.440. The van der Waals surface area contributed by atoms with Gasteiger partial charge >= 0.3 is 6.03 Å². The number of piperazine rings is 1. The highest BCUT2D eigenvalue weighted by molar-refractivity contribution is 5.94. The Morgan fingerprint density at radius 3 is 2.41 bits per heavy atom. The summed E-state index contributed by atoms with van der Waals surface area (Å²) >= 11 is 0. The zero-order valence-electron chi connectivity index (χ0n) is 19.2. The van der Waals surface area contributed by atoms with Gasteiger partial charge in [0.15, 0.2) is 0 Å². The minimum absolute atomic E-state index is 0.0143. The number of nitrogens with zero attached hydrogens (tertiary/aromatic N) is 2. The van der Waals surface area contributed by atoms with E-state index in [4.69, 9.17) is 4.74 Å². The molecule has 2 N–H and O–H groups in total. The van der Waals surface area contributed by atoms with Gasteiger partial charge in [0.1, 0.15) is 11.8 Å². The van der Waals surface area contributed by atoms with Gasteiger partial charge in [-0.15, -0.1) is 0 Å². The van der Waals surface area contributed by atoms with Crippen molar-refractivity contribution in [2.45, 2.75) is 32.9 Å². The summed E-state index contributed by atoms with van der Waals surface area (Å²) in [7, 11) is 1.58. The Labute approximate surface area is 190 Å². The number of carbonyl (C=O) groups is 2. The first-order chi connectivity index (χ1) is 15.5. The van der Waals surface area contributed by atoms with Crippen molar-refractivity contribution in [1.82, 2.24) is 15.1 Å². The van der Waals surface area contributed by atoms with Crippen molar-refractivity contribution in [2.24, 2.45) is 5.92 Å². The fourth-order valence-corrected chi connectivity index (χ4v) is 3.86. The summed E-state index contributed by atoms with van der Waals surface area (Å²) in [5, 5.41) is 5.72. The van der Waals surface area contributed by atoms with Crippen molar-refractivity contribution in [3.63, 3.8) is 0 Å². The third kappa shape index (κ3) is 6.47. The number of nitrogens with one attached hydrogen (secondary N) is 2. The Morgan fingerprint density at radius 2 is 1.75 bits per heavy atom. The molecule has 7 heteroatoms. The molecule has 2 aromatic rings. The molecule has 0 spiro atoms. The number of amides is 3. The van der Waals surface area contributed by atoms with Gasteiger partial charge in [0.2, 0.25) is 5.91 Å². The monoisotopic (exact) mass is 438 g/mol. The molecule has 1 aliphatic rings.